The van der Waals surface area contributed by atoms with Crippen LogP contribution in [0.3, 0.4) is 0 Å². The van der Waals surface area contributed by atoms with E-state index in [1.54, 1.807) is 0 Å². The van der Waals surface area contributed by atoms with Gasteiger partial charge < -0.3 is 19.7 Å². The fraction of sp³-hybridized carbons (Fsp3) is 0.708. The van der Waals surface area contributed by atoms with Crippen LogP contribution < -0.4 is 5.32 Å². The summed E-state index contributed by atoms with van der Waals surface area (Å²) in [7, 11) is 0. The molecule has 3 heterocycles. The van der Waals surface area contributed by atoms with Gasteiger partial charge in [0.05, 0.1) is 19.8 Å². The lowest BCUT2D eigenvalue weighted by molar-refractivity contribution is 0.0315. The number of guanidine groups is 1. The molecular weight excluding hydrogens is 412 g/mol. The van der Waals surface area contributed by atoms with Crippen LogP contribution in [-0.4, -0.2) is 88.0 Å². The van der Waals surface area contributed by atoms with Gasteiger partial charge in [0, 0.05) is 62.9 Å². The number of benzene rings is 1. The molecule has 3 aliphatic rings. The van der Waals surface area contributed by atoms with Gasteiger partial charge in [-0.1, -0.05) is 29.8 Å². The first-order chi connectivity index (χ1) is 15.2. The van der Waals surface area contributed by atoms with Crippen LogP contribution in [0.1, 0.15) is 31.7 Å². The number of rotatable bonds is 6. The summed E-state index contributed by atoms with van der Waals surface area (Å²) >= 11 is 6.63. The molecule has 6 nitrogen and oxygen atoms in total. The average molecular weight is 449 g/mol. The van der Waals surface area contributed by atoms with Gasteiger partial charge in [-0.15, -0.1) is 0 Å². The van der Waals surface area contributed by atoms with Crippen molar-refractivity contribution in [3.63, 3.8) is 0 Å². The van der Waals surface area contributed by atoms with Gasteiger partial charge >= 0.3 is 0 Å². The van der Waals surface area contributed by atoms with E-state index < -0.39 is 0 Å². The molecule has 0 saturated carbocycles. The Morgan fingerprint density at radius 3 is 2.61 bits per heavy atom. The van der Waals surface area contributed by atoms with E-state index in [0.29, 0.717) is 5.92 Å². The molecule has 172 valence electrons. The van der Waals surface area contributed by atoms with E-state index in [4.69, 9.17) is 26.1 Å². The number of nitrogens with zero attached hydrogens (tertiary/aromatic N) is 3. The van der Waals surface area contributed by atoms with E-state index in [1.165, 1.54) is 18.5 Å². The second kappa shape index (κ2) is 11.0. The van der Waals surface area contributed by atoms with Gasteiger partial charge in [0.1, 0.15) is 0 Å². The van der Waals surface area contributed by atoms with E-state index >= 15 is 0 Å². The van der Waals surface area contributed by atoms with Gasteiger partial charge in [0.2, 0.25) is 0 Å². The molecule has 0 bridgehead atoms. The van der Waals surface area contributed by atoms with E-state index in [-0.39, 0.29) is 5.41 Å². The monoisotopic (exact) mass is 448 g/mol. The van der Waals surface area contributed by atoms with E-state index in [9.17, 15) is 0 Å². The lowest BCUT2D eigenvalue weighted by Gasteiger charge is -2.37. The Hall–Kier alpha value is -1.34. The van der Waals surface area contributed by atoms with Gasteiger partial charge in [-0.3, -0.25) is 9.89 Å². The second-order valence-corrected chi connectivity index (χ2v) is 9.46. The summed E-state index contributed by atoms with van der Waals surface area (Å²) < 4.78 is 11.2. The molecule has 7 heteroatoms. The van der Waals surface area contributed by atoms with Crippen LogP contribution in [0.4, 0.5) is 0 Å². The molecule has 3 fully saturated rings. The highest BCUT2D eigenvalue weighted by Gasteiger charge is 2.36. The van der Waals surface area contributed by atoms with Crippen molar-refractivity contribution in [2.45, 2.75) is 31.6 Å². The highest BCUT2D eigenvalue weighted by atomic mass is 35.5. The van der Waals surface area contributed by atoms with Crippen molar-refractivity contribution in [1.82, 2.24) is 15.1 Å². The van der Waals surface area contributed by atoms with Gasteiger partial charge in [0.25, 0.3) is 0 Å². The van der Waals surface area contributed by atoms with Crippen LogP contribution in [0, 0.1) is 5.92 Å². The summed E-state index contributed by atoms with van der Waals surface area (Å²) in [6.07, 6.45) is 3.14. The smallest absolute Gasteiger partial charge is 0.193 e. The Labute approximate surface area is 191 Å². The summed E-state index contributed by atoms with van der Waals surface area (Å²) in [5, 5.41) is 4.39. The standard InChI is InChI=1S/C24H37ClN4O2/c1-2-26-23(29-10-7-20(18-29)17-28-11-15-31-16-12-28)27-19-24(8-13-30-14-9-24)21-5-3-4-6-22(21)25/h3-6,20H,2,7-19H2,1H3,(H,26,27). The molecule has 0 spiro atoms. The second-order valence-electron chi connectivity index (χ2n) is 9.06. The summed E-state index contributed by atoms with van der Waals surface area (Å²) in [5.41, 5.74) is 1.16. The number of aliphatic imine (C=N–C) groups is 1. The van der Waals surface area contributed by atoms with E-state index in [2.05, 4.69) is 34.2 Å². The van der Waals surface area contributed by atoms with Crippen LogP contribution in [0.5, 0.6) is 0 Å². The third kappa shape index (κ3) is 5.72. The lowest BCUT2D eigenvalue weighted by atomic mass is 9.74. The molecule has 1 N–H and O–H groups in total. The number of hydrogen-bond acceptors (Lipinski definition) is 4. The zero-order valence-corrected chi connectivity index (χ0v) is 19.6. The number of halogens is 1. The van der Waals surface area contributed by atoms with Crippen molar-refractivity contribution < 1.29 is 9.47 Å². The van der Waals surface area contributed by atoms with Crippen molar-refractivity contribution in [2.75, 3.05) is 72.2 Å². The van der Waals surface area contributed by atoms with E-state index in [0.717, 1.165) is 89.5 Å². The third-order valence-corrected chi connectivity index (χ3v) is 7.30. The van der Waals surface area contributed by atoms with Gasteiger partial charge in [0.15, 0.2) is 5.96 Å². The Kier molecular flexibility index (Phi) is 8.10. The number of ether oxygens (including phenoxy) is 2. The van der Waals surface area contributed by atoms with Crippen LogP contribution in [0.25, 0.3) is 0 Å². The molecule has 4 rings (SSSR count). The predicted molar refractivity (Wildman–Crippen MR) is 126 cm³/mol. The third-order valence-electron chi connectivity index (χ3n) is 6.97. The van der Waals surface area contributed by atoms with Gasteiger partial charge in [-0.2, -0.15) is 0 Å². The van der Waals surface area contributed by atoms with Crippen LogP contribution >= 0.6 is 11.6 Å². The highest BCUT2D eigenvalue weighted by Crippen LogP contribution is 2.39. The lowest BCUT2D eigenvalue weighted by Crippen LogP contribution is -2.44. The Morgan fingerprint density at radius 1 is 1.13 bits per heavy atom. The summed E-state index contributed by atoms with van der Waals surface area (Å²) in [6.45, 7) is 12.5. The van der Waals surface area contributed by atoms with Crippen LogP contribution in [-0.2, 0) is 14.9 Å². The Morgan fingerprint density at radius 2 is 1.87 bits per heavy atom. The van der Waals surface area contributed by atoms with Crippen molar-refractivity contribution in [3.05, 3.63) is 34.9 Å². The molecule has 31 heavy (non-hydrogen) atoms. The molecule has 3 saturated heterocycles. The molecular formula is C24H37ClN4O2. The number of nitrogens with one attached hydrogen (secondary N) is 1. The Balaban J connectivity index is 1.45. The normalized spacial score (nSPS) is 25.0. The molecule has 1 aromatic carbocycles. The Bertz CT molecular complexity index is 732. The van der Waals surface area contributed by atoms with Crippen molar-refractivity contribution >= 4 is 17.6 Å². The minimum Gasteiger partial charge on any atom is -0.381 e. The molecule has 1 unspecified atom stereocenters. The molecule has 0 aromatic heterocycles. The number of likely N-dealkylation sites (tertiary alicyclic amines) is 1. The zero-order valence-electron chi connectivity index (χ0n) is 18.8. The maximum Gasteiger partial charge on any atom is 0.193 e. The molecule has 0 radical (unpaired) electrons. The minimum atomic E-state index is -0.0514. The molecule has 1 atom stereocenters. The quantitative estimate of drug-likeness (QED) is 0.535. The maximum absolute atomic E-state index is 6.63. The van der Waals surface area contributed by atoms with E-state index in [1.807, 2.05) is 12.1 Å². The van der Waals surface area contributed by atoms with Gasteiger partial charge in [-0.05, 0) is 43.7 Å². The first kappa shape index (κ1) is 22.8. The fourth-order valence-corrected chi connectivity index (χ4v) is 5.48. The highest BCUT2D eigenvalue weighted by molar-refractivity contribution is 6.31. The number of morpholine rings is 1. The van der Waals surface area contributed by atoms with Crippen molar-refractivity contribution in [1.29, 1.82) is 0 Å². The fourth-order valence-electron chi connectivity index (χ4n) is 5.14. The summed E-state index contributed by atoms with van der Waals surface area (Å²) in [5.74, 6) is 1.74. The largest absolute Gasteiger partial charge is 0.381 e. The van der Waals surface area contributed by atoms with Crippen LogP contribution in [0.15, 0.2) is 29.3 Å². The average Bonchev–Trinajstić information content (AvgIpc) is 3.26. The predicted octanol–water partition coefficient (Wildman–Crippen LogP) is 3.01. The molecule has 1 aromatic rings. The summed E-state index contributed by atoms with van der Waals surface area (Å²) in [4.78, 5) is 10.2. The van der Waals surface area contributed by atoms with Crippen molar-refractivity contribution in [3.8, 4) is 0 Å². The molecule has 3 aliphatic heterocycles. The topological polar surface area (TPSA) is 49.3 Å². The van der Waals surface area contributed by atoms with Crippen molar-refractivity contribution in [2.24, 2.45) is 10.9 Å². The summed E-state index contributed by atoms with van der Waals surface area (Å²) in [6, 6.07) is 8.26. The first-order valence-electron chi connectivity index (χ1n) is 11.9. The number of hydrogen-bond donors (Lipinski definition) is 1. The minimum absolute atomic E-state index is 0.0514. The SMILES string of the molecule is CCNC(=NCC1(c2ccccc2Cl)CCOCC1)N1CCC(CN2CCOCC2)C1. The zero-order chi connectivity index (χ0) is 21.5. The molecule has 0 aliphatic carbocycles. The van der Waals surface area contributed by atoms with Crippen LogP contribution in [0.2, 0.25) is 5.02 Å². The van der Waals surface area contributed by atoms with Gasteiger partial charge in [-0.25, -0.2) is 0 Å². The first-order valence-corrected chi connectivity index (χ1v) is 12.2. The molecule has 0 amide bonds. The maximum atomic E-state index is 6.63.